The largest absolute Gasteiger partial charge is 0.402 e. The predicted molar refractivity (Wildman–Crippen MR) is 128 cm³/mol. The van der Waals surface area contributed by atoms with E-state index in [4.69, 9.17) is 11.5 Å². The summed E-state index contributed by atoms with van der Waals surface area (Å²) in [6, 6.07) is 7.92. The van der Waals surface area contributed by atoms with Crippen LogP contribution in [-0.4, -0.2) is 0 Å². The third-order valence-corrected chi connectivity index (χ3v) is 5.18. The van der Waals surface area contributed by atoms with Gasteiger partial charge in [0.15, 0.2) is 0 Å². The second kappa shape index (κ2) is 9.11. The molecule has 1 aromatic carbocycles. The van der Waals surface area contributed by atoms with Crippen molar-refractivity contribution in [3.8, 4) is 0 Å². The van der Waals surface area contributed by atoms with E-state index in [1.165, 1.54) is 0 Å². The lowest BCUT2D eigenvalue weighted by molar-refractivity contribution is 0.757. The van der Waals surface area contributed by atoms with Crippen LogP contribution in [0, 0.1) is 0 Å². The third kappa shape index (κ3) is 3.62. The molecule has 0 bridgehead atoms. The van der Waals surface area contributed by atoms with Crippen LogP contribution in [0.5, 0.6) is 0 Å². The summed E-state index contributed by atoms with van der Waals surface area (Å²) < 4.78 is 0. The minimum Gasteiger partial charge on any atom is -0.402 e. The van der Waals surface area contributed by atoms with Crippen LogP contribution >= 0.6 is 0 Å². The van der Waals surface area contributed by atoms with Crippen molar-refractivity contribution < 1.29 is 0 Å². The number of anilines is 1. The maximum Gasteiger partial charge on any atom is 0.0713 e. The standard InChI is InChI=1S/C27H30N2/c1-7-12-26-24(10-4)23(9-3)25(11-5)27(26,20(8-2)14-13-19(6)28)21-15-17-22(29)18-16-21/h7-18H,1-3,5,28-29H2,4,6H3/b19-13+,20-14+,24-10-,26-12+. The van der Waals surface area contributed by atoms with Crippen molar-refractivity contribution in [1.29, 1.82) is 0 Å². The van der Waals surface area contributed by atoms with Gasteiger partial charge in [-0.1, -0.05) is 81.0 Å². The molecule has 148 valence electrons. The predicted octanol–water partition coefficient (Wildman–Crippen LogP) is 6.22. The highest BCUT2D eigenvalue weighted by molar-refractivity contribution is 5.79. The van der Waals surface area contributed by atoms with Crippen LogP contribution in [0.2, 0.25) is 0 Å². The molecule has 0 amide bonds. The molecule has 0 heterocycles. The Hall–Kier alpha value is -3.52. The first-order valence-electron chi connectivity index (χ1n) is 9.55. The minimum atomic E-state index is -0.636. The molecule has 2 nitrogen and oxygen atoms in total. The maximum atomic E-state index is 5.99. The summed E-state index contributed by atoms with van der Waals surface area (Å²) in [5, 5.41) is 0. The van der Waals surface area contributed by atoms with Gasteiger partial charge in [0.2, 0.25) is 0 Å². The van der Waals surface area contributed by atoms with Gasteiger partial charge in [-0.2, -0.15) is 0 Å². The van der Waals surface area contributed by atoms with E-state index in [2.05, 4.69) is 32.4 Å². The van der Waals surface area contributed by atoms with E-state index in [1.54, 1.807) is 0 Å². The SMILES string of the molecule is C=C/C=C1\C(=C/C)C(C=C)=C(C=C)C1(/C(C=C)=C/C=C(\C)N)c1ccc(N)cc1. The van der Waals surface area contributed by atoms with E-state index in [0.29, 0.717) is 11.4 Å². The summed E-state index contributed by atoms with van der Waals surface area (Å²) in [7, 11) is 0. The fraction of sp³-hybridized carbons (Fsp3) is 0.111. The Labute approximate surface area is 175 Å². The lowest BCUT2D eigenvalue weighted by Crippen LogP contribution is -2.30. The highest BCUT2D eigenvalue weighted by Crippen LogP contribution is 2.57. The molecule has 4 N–H and O–H groups in total. The molecule has 0 radical (unpaired) electrons. The van der Waals surface area contributed by atoms with E-state index in [-0.39, 0.29) is 0 Å². The van der Waals surface area contributed by atoms with Gasteiger partial charge in [-0.15, -0.1) is 0 Å². The fourth-order valence-electron chi connectivity index (χ4n) is 4.06. The molecule has 1 aromatic rings. The summed E-state index contributed by atoms with van der Waals surface area (Å²) in [6.07, 6.45) is 15.5. The van der Waals surface area contributed by atoms with Gasteiger partial charge in [0.05, 0.1) is 5.41 Å². The van der Waals surface area contributed by atoms with Gasteiger partial charge in [-0.05, 0) is 65.5 Å². The molecule has 1 aliphatic rings. The molecule has 1 unspecified atom stereocenters. The monoisotopic (exact) mass is 382 g/mol. The van der Waals surface area contributed by atoms with Gasteiger partial charge in [0.1, 0.15) is 0 Å². The van der Waals surface area contributed by atoms with E-state index in [0.717, 1.165) is 33.4 Å². The highest BCUT2D eigenvalue weighted by atomic mass is 14.6. The Morgan fingerprint density at radius 2 is 1.66 bits per heavy atom. The Morgan fingerprint density at radius 1 is 1.00 bits per heavy atom. The van der Waals surface area contributed by atoms with Crippen LogP contribution < -0.4 is 11.5 Å². The van der Waals surface area contributed by atoms with Crippen molar-refractivity contribution in [1.82, 2.24) is 0 Å². The van der Waals surface area contributed by atoms with Crippen molar-refractivity contribution >= 4 is 5.69 Å². The molecule has 1 aliphatic carbocycles. The normalized spacial score (nSPS) is 22.8. The molecular weight excluding hydrogens is 352 g/mol. The van der Waals surface area contributed by atoms with Crippen LogP contribution in [0.25, 0.3) is 0 Å². The lowest BCUT2D eigenvalue weighted by Gasteiger charge is -2.36. The lowest BCUT2D eigenvalue weighted by atomic mass is 9.65. The zero-order valence-corrected chi connectivity index (χ0v) is 17.4. The Balaban J connectivity index is 3.14. The molecule has 2 rings (SSSR count). The number of hydrogen-bond donors (Lipinski definition) is 2. The first-order valence-corrected chi connectivity index (χ1v) is 9.55. The number of nitrogens with two attached hydrogens (primary N) is 2. The van der Waals surface area contributed by atoms with Gasteiger partial charge in [0, 0.05) is 11.4 Å². The number of allylic oxidation sites excluding steroid dienone is 14. The van der Waals surface area contributed by atoms with Gasteiger partial charge in [-0.3, -0.25) is 0 Å². The smallest absolute Gasteiger partial charge is 0.0713 e. The van der Waals surface area contributed by atoms with Gasteiger partial charge < -0.3 is 11.5 Å². The van der Waals surface area contributed by atoms with E-state index < -0.39 is 5.41 Å². The van der Waals surface area contributed by atoms with E-state index >= 15 is 0 Å². The number of hydrogen-bond acceptors (Lipinski definition) is 2. The second-order valence-electron chi connectivity index (χ2n) is 6.86. The molecule has 1 atom stereocenters. The van der Waals surface area contributed by atoms with Crippen molar-refractivity contribution in [3.63, 3.8) is 0 Å². The quantitative estimate of drug-likeness (QED) is 0.434. The van der Waals surface area contributed by atoms with Gasteiger partial charge >= 0.3 is 0 Å². The van der Waals surface area contributed by atoms with Crippen molar-refractivity contribution in [3.05, 3.63) is 138 Å². The molecule has 0 aromatic heterocycles. The molecule has 0 saturated heterocycles. The molecule has 0 fully saturated rings. The highest BCUT2D eigenvalue weighted by Gasteiger charge is 2.48. The molecular formula is C27H30N2. The van der Waals surface area contributed by atoms with E-state index in [9.17, 15) is 0 Å². The average Bonchev–Trinajstić information content (AvgIpc) is 2.98. The van der Waals surface area contributed by atoms with Gasteiger partial charge in [0.25, 0.3) is 0 Å². The summed E-state index contributed by atoms with van der Waals surface area (Å²) in [5.41, 5.74) is 19.0. The van der Waals surface area contributed by atoms with Crippen molar-refractivity contribution in [2.45, 2.75) is 19.3 Å². The molecule has 2 heteroatoms. The first-order chi connectivity index (χ1) is 13.9. The topological polar surface area (TPSA) is 52.0 Å². The Morgan fingerprint density at radius 3 is 2.10 bits per heavy atom. The third-order valence-electron chi connectivity index (χ3n) is 5.18. The average molecular weight is 383 g/mol. The molecule has 0 saturated carbocycles. The van der Waals surface area contributed by atoms with Crippen molar-refractivity contribution in [2.24, 2.45) is 5.73 Å². The summed E-state index contributed by atoms with van der Waals surface area (Å²) in [4.78, 5) is 0. The van der Waals surface area contributed by atoms with Gasteiger partial charge in [-0.25, -0.2) is 0 Å². The zero-order chi connectivity index (χ0) is 21.6. The molecule has 0 spiro atoms. The summed E-state index contributed by atoms with van der Waals surface area (Å²) in [6.45, 7) is 20.2. The maximum absolute atomic E-state index is 5.99. The molecule has 29 heavy (non-hydrogen) atoms. The van der Waals surface area contributed by atoms with Crippen LogP contribution in [0.3, 0.4) is 0 Å². The van der Waals surface area contributed by atoms with Crippen LogP contribution in [-0.2, 0) is 5.41 Å². The van der Waals surface area contributed by atoms with Crippen molar-refractivity contribution in [2.75, 3.05) is 5.73 Å². The fourth-order valence-corrected chi connectivity index (χ4v) is 4.06. The number of rotatable bonds is 7. The Kier molecular flexibility index (Phi) is 6.84. The zero-order valence-electron chi connectivity index (χ0n) is 17.4. The first kappa shape index (κ1) is 21.8. The van der Waals surface area contributed by atoms with Crippen LogP contribution in [0.4, 0.5) is 5.69 Å². The van der Waals surface area contributed by atoms with Crippen LogP contribution in [0.1, 0.15) is 19.4 Å². The van der Waals surface area contributed by atoms with Crippen LogP contribution in [0.15, 0.2) is 133 Å². The minimum absolute atomic E-state index is 0.636. The summed E-state index contributed by atoms with van der Waals surface area (Å²) in [5.74, 6) is 0. The number of nitrogen functional groups attached to an aromatic ring is 1. The number of benzene rings is 1. The Bertz CT molecular complexity index is 987. The van der Waals surface area contributed by atoms with E-state index in [1.807, 2.05) is 80.6 Å². The molecule has 0 aliphatic heterocycles. The summed E-state index contributed by atoms with van der Waals surface area (Å²) >= 11 is 0. The second-order valence-corrected chi connectivity index (χ2v) is 6.86.